The van der Waals surface area contributed by atoms with E-state index in [1.165, 1.54) is 12.1 Å². The minimum absolute atomic E-state index is 0.0703. The van der Waals surface area contributed by atoms with Crippen molar-refractivity contribution in [2.75, 3.05) is 13.2 Å². The molecule has 10 heteroatoms. The molecule has 1 aliphatic rings. The van der Waals surface area contributed by atoms with Gasteiger partial charge in [-0.1, -0.05) is 57.3 Å². The molecule has 0 spiro atoms. The fourth-order valence-electron chi connectivity index (χ4n) is 3.23. The van der Waals surface area contributed by atoms with Gasteiger partial charge >= 0.3 is 0 Å². The highest BCUT2D eigenvalue weighted by atomic mass is 79.9. The van der Waals surface area contributed by atoms with Gasteiger partial charge in [-0.25, -0.2) is 4.39 Å². The molecule has 1 saturated heterocycles. The highest BCUT2D eigenvalue weighted by Gasteiger charge is 2.35. The summed E-state index contributed by atoms with van der Waals surface area (Å²) in [5.41, 5.74) is 0.770. The molecule has 0 aromatic heterocycles. The molecule has 4 rings (SSSR count). The molecule has 3 aromatic rings. The predicted molar refractivity (Wildman–Crippen MR) is 140 cm³/mol. The molecule has 3 aromatic carbocycles. The van der Waals surface area contributed by atoms with Gasteiger partial charge in [0.1, 0.15) is 30.5 Å². The molecule has 1 heterocycles. The van der Waals surface area contributed by atoms with E-state index in [0.29, 0.717) is 22.1 Å². The van der Waals surface area contributed by atoms with E-state index in [4.69, 9.17) is 32.7 Å². The number of ether oxygens (including phenoxy) is 2. The Hall–Kier alpha value is -2.52. The van der Waals surface area contributed by atoms with Crippen LogP contribution in [0.5, 0.6) is 11.5 Å². The van der Waals surface area contributed by atoms with Crippen molar-refractivity contribution in [3.05, 3.63) is 97.0 Å². The van der Waals surface area contributed by atoms with E-state index >= 15 is 0 Å². The molecule has 2 amide bonds. The number of carbonyl (C=O) groups is 2. The van der Waals surface area contributed by atoms with E-state index in [-0.39, 0.29) is 35.2 Å². The zero-order valence-corrected chi connectivity index (χ0v) is 21.9. The fraction of sp³-hybridized carbons (Fsp3) is 0.120. The Bertz CT molecular complexity index is 1300. The summed E-state index contributed by atoms with van der Waals surface area (Å²) in [6.07, 6.45) is 1.57. The van der Waals surface area contributed by atoms with E-state index < -0.39 is 17.0 Å². The molecule has 0 aliphatic carbocycles. The van der Waals surface area contributed by atoms with Crippen molar-refractivity contribution >= 4 is 68.1 Å². The SMILES string of the molecule is O=C1S/C(=C\c2cc(Br)ccc2OCc2c(F)cccc2Cl)C(=O)N1CCOc1ccccc1Cl. The summed E-state index contributed by atoms with van der Waals surface area (Å²) in [5, 5.41) is 0.295. The van der Waals surface area contributed by atoms with Crippen molar-refractivity contribution in [1.29, 1.82) is 0 Å². The first kappa shape index (κ1) is 25.6. The summed E-state index contributed by atoms with van der Waals surface area (Å²) in [6.45, 7) is 0.0688. The maximum Gasteiger partial charge on any atom is 0.293 e. The third-order valence-electron chi connectivity index (χ3n) is 4.97. The van der Waals surface area contributed by atoms with Gasteiger partial charge in [0, 0.05) is 15.6 Å². The number of hydrogen-bond donors (Lipinski definition) is 0. The largest absolute Gasteiger partial charge is 0.490 e. The van der Waals surface area contributed by atoms with Gasteiger partial charge in [-0.15, -0.1) is 0 Å². The number of carbonyl (C=O) groups excluding carboxylic acids is 2. The summed E-state index contributed by atoms with van der Waals surface area (Å²) >= 11 is 16.4. The molecule has 0 N–H and O–H groups in total. The Morgan fingerprint density at radius 2 is 1.74 bits per heavy atom. The van der Waals surface area contributed by atoms with Gasteiger partial charge in [0.2, 0.25) is 0 Å². The third-order valence-corrected chi connectivity index (χ3v) is 7.04. The van der Waals surface area contributed by atoms with Crippen LogP contribution >= 0.6 is 50.9 Å². The van der Waals surface area contributed by atoms with Crippen LogP contribution in [0.2, 0.25) is 10.0 Å². The Kier molecular flexibility index (Phi) is 8.38. The first-order valence-electron chi connectivity index (χ1n) is 10.3. The summed E-state index contributed by atoms with van der Waals surface area (Å²) in [5.74, 6) is -0.0361. The van der Waals surface area contributed by atoms with E-state index in [0.717, 1.165) is 21.1 Å². The number of benzene rings is 3. The van der Waals surface area contributed by atoms with Crippen LogP contribution < -0.4 is 9.47 Å². The summed E-state index contributed by atoms with van der Waals surface area (Å²) in [6, 6.07) is 16.5. The molecule has 1 fully saturated rings. The number of rotatable bonds is 8. The Morgan fingerprint density at radius 3 is 2.51 bits per heavy atom. The smallest absolute Gasteiger partial charge is 0.293 e. The third kappa shape index (κ3) is 6.19. The maximum atomic E-state index is 14.1. The number of nitrogens with zero attached hydrogens (tertiary/aromatic N) is 1. The molecular weight excluding hydrogens is 580 g/mol. The molecule has 35 heavy (non-hydrogen) atoms. The molecule has 180 valence electrons. The van der Waals surface area contributed by atoms with E-state index in [9.17, 15) is 14.0 Å². The predicted octanol–water partition coefficient (Wildman–Crippen LogP) is 7.59. The number of imide groups is 1. The molecule has 0 bridgehead atoms. The van der Waals surface area contributed by atoms with Crippen molar-refractivity contribution < 1.29 is 23.5 Å². The lowest BCUT2D eigenvalue weighted by Crippen LogP contribution is -2.32. The van der Waals surface area contributed by atoms with Crippen molar-refractivity contribution in [1.82, 2.24) is 4.90 Å². The van der Waals surface area contributed by atoms with Gasteiger partial charge in [0.25, 0.3) is 11.1 Å². The first-order valence-corrected chi connectivity index (χ1v) is 12.7. The lowest BCUT2D eigenvalue weighted by molar-refractivity contribution is -0.123. The standard InChI is InChI=1S/C25H17BrCl2FNO4S/c26-16-8-9-21(34-14-17-18(27)5-3-6-20(17)29)15(12-16)13-23-24(31)30(25(32)35-23)10-11-33-22-7-2-1-4-19(22)28/h1-9,12-13H,10-11,14H2/b23-13-. The second-order valence-corrected chi connectivity index (χ2v) is 10.0. The molecule has 0 unspecified atom stereocenters. The van der Waals surface area contributed by atoms with Crippen molar-refractivity contribution in [2.24, 2.45) is 0 Å². The van der Waals surface area contributed by atoms with Gasteiger partial charge in [-0.3, -0.25) is 14.5 Å². The normalized spacial score (nSPS) is 14.6. The highest BCUT2D eigenvalue weighted by Crippen LogP contribution is 2.35. The van der Waals surface area contributed by atoms with Crippen LogP contribution in [0.4, 0.5) is 9.18 Å². The van der Waals surface area contributed by atoms with Crippen LogP contribution in [0, 0.1) is 5.82 Å². The van der Waals surface area contributed by atoms with Crippen LogP contribution in [-0.4, -0.2) is 29.2 Å². The van der Waals surface area contributed by atoms with Crippen LogP contribution in [0.15, 0.2) is 70.0 Å². The zero-order chi connectivity index (χ0) is 24.9. The quantitative estimate of drug-likeness (QED) is 0.251. The second-order valence-electron chi connectivity index (χ2n) is 7.28. The van der Waals surface area contributed by atoms with E-state index in [1.807, 2.05) is 0 Å². The average Bonchev–Trinajstić information content (AvgIpc) is 3.08. The maximum absolute atomic E-state index is 14.1. The number of hydrogen-bond acceptors (Lipinski definition) is 5. The van der Waals surface area contributed by atoms with E-state index in [1.54, 1.807) is 54.6 Å². The lowest BCUT2D eigenvalue weighted by atomic mass is 10.1. The van der Waals surface area contributed by atoms with Crippen LogP contribution in [-0.2, 0) is 11.4 Å². The molecular formula is C25H17BrCl2FNO4S. The summed E-state index contributed by atoms with van der Waals surface area (Å²) in [4.78, 5) is 26.7. The van der Waals surface area contributed by atoms with Crippen molar-refractivity contribution in [3.63, 3.8) is 0 Å². The number of halogens is 4. The topological polar surface area (TPSA) is 55.8 Å². The highest BCUT2D eigenvalue weighted by molar-refractivity contribution is 9.10. The summed E-state index contributed by atoms with van der Waals surface area (Å²) < 4.78 is 26.3. The van der Waals surface area contributed by atoms with Gasteiger partial charge in [-0.2, -0.15) is 0 Å². The number of thioether (sulfide) groups is 1. The van der Waals surface area contributed by atoms with Crippen molar-refractivity contribution in [3.8, 4) is 11.5 Å². The fourth-order valence-corrected chi connectivity index (χ4v) is 4.87. The zero-order valence-electron chi connectivity index (χ0n) is 18.0. The van der Waals surface area contributed by atoms with Crippen molar-refractivity contribution in [2.45, 2.75) is 6.61 Å². The molecule has 1 aliphatic heterocycles. The van der Waals surface area contributed by atoms with Gasteiger partial charge in [0.05, 0.1) is 21.5 Å². The molecule has 0 radical (unpaired) electrons. The Labute approximate surface area is 223 Å². The summed E-state index contributed by atoms with van der Waals surface area (Å²) in [7, 11) is 0. The van der Waals surface area contributed by atoms with Gasteiger partial charge < -0.3 is 9.47 Å². The minimum Gasteiger partial charge on any atom is -0.490 e. The lowest BCUT2D eigenvalue weighted by Gasteiger charge is -2.14. The van der Waals surface area contributed by atoms with Gasteiger partial charge in [0.15, 0.2) is 0 Å². The van der Waals surface area contributed by atoms with Crippen LogP contribution in [0.25, 0.3) is 6.08 Å². The minimum atomic E-state index is -0.476. The van der Waals surface area contributed by atoms with Gasteiger partial charge in [-0.05, 0) is 60.3 Å². The number of amides is 2. The molecule has 0 atom stereocenters. The van der Waals surface area contributed by atoms with E-state index in [2.05, 4.69) is 15.9 Å². The Balaban J connectivity index is 1.48. The van der Waals surface area contributed by atoms with Crippen LogP contribution in [0.3, 0.4) is 0 Å². The first-order chi connectivity index (χ1) is 16.8. The van der Waals surface area contributed by atoms with Crippen LogP contribution in [0.1, 0.15) is 11.1 Å². The number of para-hydroxylation sites is 1. The molecule has 0 saturated carbocycles. The average molecular weight is 597 g/mol. The second kappa shape index (κ2) is 11.5. The molecule has 5 nitrogen and oxygen atoms in total. The Morgan fingerprint density at radius 1 is 0.971 bits per heavy atom. The monoisotopic (exact) mass is 595 g/mol.